The lowest BCUT2D eigenvalue weighted by Gasteiger charge is -2.25. The van der Waals surface area contributed by atoms with E-state index in [9.17, 15) is 27.9 Å². The number of H-pyrrole nitrogens is 1. The number of esters is 1. The average Bonchev–Trinajstić information content (AvgIpc) is 2.99. The van der Waals surface area contributed by atoms with E-state index in [0.29, 0.717) is 11.3 Å². The second-order valence-corrected chi connectivity index (χ2v) is 6.59. The van der Waals surface area contributed by atoms with E-state index in [1.807, 2.05) is 0 Å². The van der Waals surface area contributed by atoms with E-state index in [0.717, 1.165) is 4.90 Å². The number of rotatable bonds is 3. The summed E-state index contributed by atoms with van der Waals surface area (Å²) in [7, 11) is 0. The van der Waals surface area contributed by atoms with Gasteiger partial charge in [0.2, 0.25) is 0 Å². The molecule has 1 aliphatic rings. The van der Waals surface area contributed by atoms with Gasteiger partial charge in [-0.3, -0.25) is 4.79 Å². The number of hydrogen-bond donors (Lipinski definition) is 2. The maximum Gasteiger partial charge on any atom is 0.419 e. The molecule has 2 rings (SSSR count). The van der Waals surface area contributed by atoms with Crippen molar-refractivity contribution in [1.29, 1.82) is 0 Å². The van der Waals surface area contributed by atoms with Crippen LogP contribution in [0.4, 0.5) is 13.2 Å². The first-order valence-electron chi connectivity index (χ1n) is 7.86. The van der Waals surface area contributed by atoms with Gasteiger partial charge in [-0.05, 0) is 33.3 Å². The molecule has 2 N–H and O–H groups in total. The number of carbonyl (C=O) groups excluding carboxylic acids is 2. The van der Waals surface area contributed by atoms with Crippen LogP contribution in [0.1, 0.15) is 52.4 Å². The largest absolute Gasteiger partial charge is 0.459 e. The minimum absolute atomic E-state index is 0.0274. The molecule has 140 valence electrons. The number of β-amino-alcohol motifs (C(OH)–C–C–N with tert-alkyl or cyclic N) is 1. The van der Waals surface area contributed by atoms with Crippen molar-refractivity contribution in [3.8, 4) is 0 Å². The molecule has 1 aromatic heterocycles. The molecular weight excluding hydrogens is 341 g/mol. The molecule has 1 aliphatic heterocycles. The fourth-order valence-corrected chi connectivity index (χ4v) is 2.90. The Bertz CT molecular complexity index is 696. The Hall–Kier alpha value is -2.03. The SMILES string of the molecule is Cc1[nH]c(C(=O)N2CC[C@@](O)(C(F)(F)F)C2)c(C)c1C(=O)OC(C)C. The highest BCUT2D eigenvalue weighted by molar-refractivity contribution is 6.00. The molecule has 1 fully saturated rings. The fraction of sp³-hybridized carbons (Fsp3) is 0.625. The molecular formula is C16H21F3N2O4. The number of ether oxygens (including phenoxy) is 1. The monoisotopic (exact) mass is 362 g/mol. The number of nitrogens with zero attached hydrogens (tertiary/aromatic N) is 1. The first kappa shape index (κ1) is 19.3. The summed E-state index contributed by atoms with van der Waals surface area (Å²) >= 11 is 0. The van der Waals surface area contributed by atoms with Crippen LogP contribution in [0.3, 0.4) is 0 Å². The Kier molecular flexibility index (Phi) is 4.91. The quantitative estimate of drug-likeness (QED) is 0.809. The third-order valence-electron chi connectivity index (χ3n) is 4.26. The van der Waals surface area contributed by atoms with Crippen molar-refractivity contribution in [3.05, 3.63) is 22.5 Å². The summed E-state index contributed by atoms with van der Waals surface area (Å²) < 4.78 is 43.8. The highest BCUT2D eigenvalue weighted by atomic mass is 19.4. The van der Waals surface area contributed by atoms with Gasteiger partial charge in [0.05, 0.1) is 18.2 Å². The van der Waals surface area contributed by atoms with Crippen LogP contribution in [0.2, 0.25) is 0 Å². The van der Waals surface area contributed by atoms with Crippen LogP contribution in [0.25, 0.3) is 0 Å². The minimum atomic E-state index is -4.81. The summed E-state index contributed by atoms with van der Waals surface area (Å²) in [6, 6.07) is 0. The molecule has 0 radical (unpaired) electrons. The standard InChI is InChI=1S/C16H21F3N2O4/c1-8(2)25-14(23)11-9(3)12(20-10(11)4)13(22)21-6-5-15(24,7-21)16(17,18)19/h8,20,24H,5-7H2,1-4H3/t15-/m0/s1. The van der Waals surface area contributed by atoms with Gasteiger partial charge in [-0.1, -0.05) is 0 Å². The molecule has 1 saturated heterocycles. The lowest BCUT2D eigenvalue weighted by Crippen LogP contribution is -2.48. The predicted molar refractivity (Wildman–Crippen MR) is 82.3 cm³/mol. The van der Waals surface area contributed by atoms with Gasteiger partial charge in [-0.2, -0.15) is 13.2 Å². The number of amides is 1. The van der Waals surface area contributed by atoms with Crippen molar-refractivity contribution in [1.82, 2.24) is 9.88 Å². The summed E-state index contributed by atoms with van der Waals surface area (Å²) in [4.78, 5) is 28.4. The highest BCUT2D eigenvalue weighted by Crippen LogP contribution is 2.38. The van der Waals surface area contributed by atoms with Gasteiger partial charge in [0.25, 0.3) is 5.91 Å². The number of likely N-dealkylation sites (tertiary alicyclic amines) is 1. The number of hydrogen-bond acceptors (Lipinski definition) is 4. The highest BCUT2D eigenvalue weighted by Gasteiger charge is 2.58. The molecule has 0 unspecified atom stereocenters. The molecule has 1 amide bonds. The van der Waals surface area contributed by atoms with Crippen LogP contribution in [0.5, 0.6) is 0 Å². The molecule has 0 aromatic carbocycles. The third kappa shape index (κ3) is 3.51. The molecule has 0 aliphatic carbocycles. The van der Waals surface area contributed by atoms with Gasteiger partial charge in [0, 0.05) is 18.7 Å². The maximum absolute atomic E-state index is 12.9. The van der Waals surface area contributed by atoms with E-state index in [-0.39, 0.29) is 23.9 Å². The zero-order valence-electron chi connectivity index (χ0n) is 14.5. The fourth-order valence-electron chi connectivity index (χ4n) is 2.90. The van der Waals surface area contributed by atoms with Crippen LogP contribution < -0.4 is 0 Å². The van der Waals surface area contributed by atoms with Crippen LogP contribution in [-0.2, 0) is 4.74 Å². The molecule has 0 saturated carbocycles. The molecule has 6 nitrogen and oxygen atoms in total. The first-order chi connectivity index (χ1) is 11.4. The second-order valence-electron chi connectivity index (χ2n) is 6.59. The lowest BCUT2D eigenvalue weighted by molar-refractivity contribution is -0.253. The van der Waals surface area contributed by atoms with E-state index in [4.69, 9.17) is 4.74 Å². The molecule has 0 bridgehead atoms. The van der Waals surface area contributed by atoms with Gasteiger partial charge in [0.15, 0.2) is 5.60 Å². The number of aromatic amines is 1. The summed E-state index contributed by atoms with van der Waals surface area (Å²) in [6.45, 7) is 5.42. The van der Waals surface area contributed by atoms with Gasteiger partial charge >= 0.3 is 12.1 Å². The van der Waals surface area contributed by atoms with E-state index in [2.05, 4.69) is 4.98 Å². The Labute approximate surface area is 143 Å². The average molecular weight is 362 g/mol. The van der Waals surface area contributed by atoms with Crippen molar-refractivity contribution in [3.63, 3.8) is 0 Å². The van der Waals surface area contributed by atoms with Crippen LogP contribution in [-0.4, -0.2) is 57.8 Å². The number of aryl methyl sites for hydroxylation is 1. The normalized spacial score (nSPS) is 21.1. The summed E-state index contributed by atoms with van der Waals surface area (Å²) in [6.07, 6.45) is -5.74. The molecule has 0 spiro atoms. The van der Waals surface area contributed by atoms with E-state index in [1.54, 1.807) is 20.8 Å². The second kappa shape index (κ2) is 6.36. The zero-order chi connectivity index (χ0) is 19.2. The van der Waals surface area contributed by atoms with Gasteiger partial charge in [-0.25, -0.2) is 4.79 Å². The Morgan fingerprint density at radius 2 is 1.92 bits per heavy atom. The topological polar surface area (TPSA) is 82.6 Å². The summed E-state index contributed by atoms with van der Waals surface area (Å²) in [5, 5.41) is 9.71. The van der Waals surface area contributed by atoms with Crippen LogP contribution >= 0.6 is 0 Å². The predicted octanol–water partition coefficient (Wildman–Crippen LogP) is 2.34. The molecule has 2 heterocycles. The number of aliphatic hydroxyl groups is 1. The molecule has 25 heavy (non-hydrogen) atoms. The first-order valence-corrected chi connectivity index (χ1v) is 7.86. The van der Waals surface area contributed by atoms with Gasteiger partial charge in [-0.15, -0.1) is 0 Å². The van der Waals surface area contributed by atoms with E-state index in [1.165, 1.54) is 6.92 Å². The Morgan fingerprint density at radius 1 is 1.32 bits per heavy atom. The van der Waals surface area contributed by atoms with Gasteiger partial charge in [0.1, 0.15) is 5.69 Å². The van der Waals surface area contributed by atoms with E-state index < -0.39 is 36.6 Å². The summed E-state index contributed by atoms with van der Waals surface area (Å²) in [5.74, 6) is -1.29. The number of halogens is 3. The number of alkyl halides is 3. The van der Waals surface area contributed by atoms with Crippen LogP contribution in [0.15, 0.2) is 0 Å². The maximum atomic E-state index is 12.9. The molecule has 9 heteroatoms. The third-order valence-corrected chi connectivity index (χ3v) is 4.26. The zero-order valence-corrected chi connectivity index (χ0v) is 14.5. The van der Waals surface area contributed by atoms with Crippen molar-refractivity contribution in [2.75, 3.05) is 13.1 Å². The smallest absolute Gasteiger partial charge is 0.419 e. The summed E-state index contributed by atoms with van der Waals surface area (Å²) in [5.41, 5.74) is -1.97. The van der Waals surface area contributed by atoms with Crippen molar-refractivity contribution >= 4 is 11.9 Å². The minimum Gasteiger partial charge on any atom is -0.459 e. The van der Waals surface area contributed by atoms with E-state index >= 15 is 0 Å². The molecule has 1 atom stereocenters. The van der Waals surface area contributed by atoms with Crippen LogP contribution in [0, 0.1) is 13.8 Å². The number of carbonyl (C=O) groups is 2. The van der Waals surface area contributed by atoms with Gasteiger partial charge < -0.3 is 19.7 Å². The van der Waals surface area contributed by atoms with Crippen molar-refractivity contribution in [2.24, 2.45) is 0 Å². The lowest BCUT2D eigenvalue weighted by atomic mass is 10.0. The Morgan fingerprint density at radius 3 is 2.40 bits per heavy atom. The van der Waals surface area contributed by atoms with Crippen molar-refractivity contribution in [2.45, 2.75) is 52.0 Å². The van der Waals surface area contributed by atoms with Crippen molar-refractivity contribution < 1.29 is 32.6 Å². The Balaban J connectivity index is 2.26. The number of nitrogens with one attached hydrogen (secondary N) is 1. The molecule has 1 aromatic rings. The number of aromatic nitrogens is 1.